The maximum Gasteiger partial charge on any atom is 0.303 e. The number of carboxylic acids is 1. The van der Waals surface area contributed by atoms with Crippen molar-refractivity contribution in [2.75, 3.05) is 11.9 Å². The molecular weight excluding hydrogens is 422 g/mol. The number of anilines is 1. The maximum absolute atomic E-state index is 12.6. The van der Waals surface area contributed by atoms with E-state index in [2.05, 4.69) is 10.6 Å². The number of nitrogens with two attached hydrogens (primary N) is 1. The number of halogens is 1. The van der Waals surface area contributed by atoms with Gasteiger partial charge in [-0.3, -0.25) is 14.4 Å². The Morgan fingerprint density at radius 3 is 2.45 bits per heavy atom. The largest absolute Gasteiger partial charge is 0.494 e. The SMILES string of the molecule is CCC(NC(=O)Cc1cccc(Cl)c1)(Nc1ccc(OCCCC(=O)O)cc1)C(N)=O. The zero-order chi connectivity index (χ0) is 22.9. The molecule has 2 amide bonds. The van der Waals surface area contributed by atoms with Gasteiger partial charge < -0.3 is 26.2 Å². The number of amides is 2. The number of primary amides is 1. The second kappa shape index (κ2) is 11.2. The Hall–Kier alpha value is -3.26. The number of aliphatic carboxylic acids is 1. The van der Waals surface area contributed by atoms with Crippen LogP contribution in [0, 0.1) is 0 Å². The van der Waals surface area contributed by atoms with Gasteiger partial charge in [-0.15, -0.1) is 0 Å². The van der Waals surface area contributed by atoms with Crippen LogP contribution in [-0.2, 0) is 20.8 Å². The quantitative estimate of drug-likeness (QED) is 0.292. The number of rotatable bonds is 12. The topological polar surface area (TPSA) is 131 Å². The Bertz CT molecular complexity index is 920. The van der Waals surface area contributed by atoms with Crippen LogP contribution < -0.4 is 21.1 Å². The minimum absolute atomic E-state index is 0.0339. The first-order valence-electron chi connectivity index (χ1n) is 9.82. The summed E-state index contributed by atoms with van der Waals surface area (Å²) in [6.45, 7) is 2.01. The van der Waals surface area contributed by atoms with Gasteiger partial charge in [0.2, 0.25) is 5.91 Å². The van der Waals surface area contributed by atoms with E-state index in [1.54, 1.807) is 55.5 Å². The zero-order valence-electron chi connectivity index (χ0n) is 17.2. The Morgan fingerprint density at radius 1 is 1.16 bits per heavy atom. The lowest BCUT2D eigenvalue weighted by molar-refractivity contribution is -0.137. The van der Waals surface area contributed by atoms with Crippen molar-refractivity contribution in [3.8, 4) is 5.75 Å². The molecule has 0 aliphatic rings. The van der Waals surface area contributed by atoms with Crippen LogP contribution in [0.1, 0.15) is 31.7 Å². The average Bonchev–Trinajstić information content (AvgIpc) is 2.71. The summed E-state index contributed by atoms with van der Waals surface area (Å²) in [5.74, 6) is -1.41. The third-order valence-electron chi connectivity index (χ3n) is 4.57. The van der Waals surface area contributed by atoms with Gasteiger partial charge in [-0.05, 0) is 54.8 Å². The lowest BCUT2D eigenvalue weighted by atomic mass is 10.0. The average molecular weight is 448 g/mol. The zero-order valence-corrected chi connectivity index (χ0v) is 17.9. The van der Waals surface area contributed by atoms with E-state index in [0.29, 0.717) is 28.4 Å². The molecule has 0 saturated heterocycles. The molecule has 0 aliphatic carbocycles. The molecule has 0 aromatic heterocycles. The van der Waals surface area contributed by atoms with Crippen LogP contribution in [0.15, 0.2) is 48.5 Å². The number of carbonyl (C=O) groups excluding carboxylic acids is 2. The predicted octanol–water partition coefficient (Wildman–Crippen LogP) is 2.95. The Kier molecular flexibility index (Phi) is 8.69. The van der Waals surface area contributed by atoms with Crippen molar-refractivity contribution < 1.29 is 24.2 Å². The summed E-state index contributed by atoms with van der Waals surface area (Å²) in [4.78, 5) is 35.4. The van der Waals surface area contributed by atoms with Crippen LogP contribution in [0.3, 0.4) is 0 Å². The van der Waals surface area contributed by atoms with Crippen LogP contribution in [-0.4, -0.2) is 35.2 Å². The van der Waals surface area contributed by atoms with Crippen LogP contribution in [0.2, 0.25) is 5.02 Å². The standard InChI is InChI=1S/C22H26ClN3O5/c1-2-22(21(24)30,26-19(27)14-15-5-3-6-16(23)13-15)25-17-8-10-18(11-9-17)31-12-4-7-20(28)29/h3,5-6,8-11,13,25H,2,4,7,12,14H2,1H3,(H2,24,30)(H,26,27)(H,28,29). The van der Waals surface area contributed by atoms with E-state index >= 15 is 0 Å². The second-order valence-electron chi connectivity index (χ2n) is 6.97. The van der Waals surface area contributed by atoms with Gasteiger partial charge in [-0.2, -0.15) is 0 Å². The third kappa shape index (κ3) is 7.49. The van der Waals surface area contributed by atoms with Crippen LogP contribution in [0.4, 0.5) is 5.69 Å². The molecule has 0 spiro atoms. The molecular formula is C22H26ClN3O5. The summed E-state index contributed by atoms with van der Waals surface area (Å²) in [5.41, 5.74) is 5.42. The molecule has 9 heteroatoms. The molecule has 0 bridgehead atoms. The Balaban J connectivity index is 2.03. The summed E-state index contributed by atoms with van der Waals surface area (Å²) in [6.07, 6.45) is 0.693. The van der Waals surface area contributed by atoms with E-state index in [9.17, 15) is 14.4 Å². The van der Waals surface area contributed by atoms with Crippen LogP contribution in [0.25, 0.3) is 0 Å². The molecule has 8 nitrogen and oxygen atoms in total. The van der Waals surface area contributed by atoms with E-state index < -0.39 is 17.5 Å². The molecule has 0 fully saturated rings. The number of nitrogens with one attached hydrogen (secondary N) is 2. The fourth-order valence-electron chi connectivity index (χ4n) is 2.91. The van der Waals surface area contributed by atoms with Gasteiger partial charge in [0.05, 0.1) is 13.0 Å². The van der Waals surface area contributed by atoms with Gasteiger partial charge >= 0.3 is 5.97 Å². The van der Waals surface area contributed by atoms with Crippen molar-refractivity contribution in [1.82, 2.24) is 5.32 Å². The number of ether oxygens (including phenoxy) is 1. The second-order valence-corrected chi connectivity index (χ2v) is 7.41. The van der Waals surface area contributed by atoms with Gasteiger partial charge in [0.15, 0.2) is 5.66 Å². The highest BCUT2D eigenvalue weighted by Gasteiger charge is 2.36. The fourth-order valence-corrected chi connectivity index (χ4v) is 3.13. The van der Waals surface area contributed by atoms with Gasteiger partial charge in [0.25, 0.3) is 5.91 Å². The minimum atomic E-state index is -1.47. The molecule has 1 unspecified atom stereocenters. The highest BCUT2D eigenvalue weighted by molar-refractivity contribution is 6.30. The molecule has 2 rings (SSSR count). The molecule has 2 aromatic carbocycles. The molecule has 31 heavy (non-hydrogen) atoms. The number of hydrogen-bond donors (Lipinski definition) is 4. The van der Waals surface area contributed by atoms with Gasteiger partial charge in [0, 0.05) is 17.1 Å². The Labute approximate surface area is 185 Å². The summed E-state index contributed by atoms with van der Waals surface area (Å²) >= 11 is 5.96. The smallest absolute Gasteiger partial charge is 0.303 e. The first-order chi connectivity index (χ1) is 14.7. The van der Waals surface area contributed by atoms with E-state index in [1.807, 2.05) is 0 Å². The van der Waals surface area contributed by atoms with Crippen molar-refractivity contribution >= 4 is 35.1 Å². The molecule has 0 heterocycles. The Morgan fingerprint density at radius 2 is 1.87 bits per heavy atom. The van der Waals surface area contributed by atoms with Crippen molar-refractivity contribution in [1.29, 1.82) is 0 Å². The molecule has 0 radical (unpaired) electrons. The number of benzene rings is 2. The lowest BCUT2D eigenvalue weighted by Gasteiger charge is -2.32. The van der Waals surface area contributed by atoms with E-state index in [1.165, 1.54) is 0 Å². The lowest BCUT2D eigenvalue weighted by Crippen LogP contribution is -2.62. The minimum Gasteiger partial charge on any atom is -0.494 e. The van der Waals surface area contributed by atoms with Crippen molar-refractivity contribution in [3.63, 3.8) is 0 Å². The first kappa shape index (κ1) is 24.0. The summed E-state index contributed by atoms with van der Waals surface area (Å²) in [7, 11) is 0. The highest BCUT2D eigenvalue weighted by Crippen LogP contribution is 2.21. The van der Waals surface area contributed by atoms with E-state index in [-0.39, 0.29) is 31.8 Å². The number of carboxylic acid groups (broad SMARTS) is 1. The normalized spacial score (nSPS) is 12.5. The van der Waals surface area contributed by atoms with Crippen molar-refractivity contribution in [2.24, 2.45) is 5.73 Å². The third-order valence-corrected chi connectivity index (χ3v) is 4.81. The van der Waals surface area contributed by atoms with Gasteiger partial charge in [-0.1, -0.05) is 30.7 Å². The van der Waals surface area contributed by atoms with Crippen LogP contribution in [0.5, 0.6) is 5.75 Å². The highest BCUT2D eigenvalue weighted by atomic mass is 35.5. The number of carbonyl (C=O) groups is 3. The number of hydrogen-bond acceptors (Lipinski definition) is 5. The molecule has 0 saturated carbocycles. The monoisotopic (exact) mass is 447 g/mol. The van der Waals surface area contributed by atoms with Crippen molar-refractivity contribution in [2.45, 2.75) is 38.3 Å². The maximum atomic E-state index is 12.6. The molecule has 5 N–H and O–H groups in total. The van der Waals surface area contributed by atoms with Gasteiger partial charge in [-0.25, -0.2) is 0 Å². The molecule has 166 valence electrons. The van der Waals surface area contributed by atoms with Crippen molar-refractivity contribution in [3.05, 3.63) is 59.1 Å². The fraction of sp³-hybridized carbons (Fsp3) is 0.318. The van der Waals surface area contributed by atoms with Gasteiger partial charge in [0.1, 0.15) is 5.75 Å². The van der Waals surface area contributed by atoms with E-state index in [4.69, 9.17) is 27.2 Å². The summed E-state index contributed by atoms with van der Waals surface area (Å²) in [6, 6.07) is 13.6. The predicted molar refractivity (Wildman–Crippen MR) is 118 cm³/mol. The first-order valence-corrected chi connectivity index (χ1v) is 10.2. The molecule has 0 aliphatic heterocycles. The molecule has 1 atom stereocenters. The van der Waals surface area contributed by atoms with Crippen LogP contribution >= 0.6 is 11.6 Å². The summed E-state index contributed by atoms with van der Waals surface area (Å²) in [5, 5.41) is 14.9. The molecule has 2 aromatic rings. The van der Waals surface area contributed by atoms with E-state index in [0.717, 1.165) is 0 Å². The summed E-state index contributed by atoms with van der Waals surface area (Å²) < 4.78 is 5.49.